The minimum Gasteiger partial charge on any atom is -0.497 e. The molecule has 1 fully saturated rings. The van der Waals surface area contributed by atoms with Crippen molar-refractivity contribution in [2.24, 2.45) is 5.41 Å². The minimum absolute atomic E-state index is 0.102. The summed E-state index contributed by atoms with van der Waals surface area (Å²) < 4.78 is 9.98. The number of benzene rings is 1. The Morgan fingerprint density at radius 2 is 1.94 bits per heavy atom. The molecule has 18 heavy (non-hydrogen) atoms. The number of carbonyl (C=O) groups is 1. The molecule has 1 aromatic rings. The molecular formula is C14H19NO3. The molecule has 1 N–H and O–H groups in total. The smallest absolute Gasteiger partial charge is 0.313 e. The largest absolute Gasteiger partial charge is 0.497 e. The van der Waals surface area contributed by atoms with Crippen molar-refractivity contribution in [3.63, 3.8) is 0 Å². The highest BCUT2D eigenvalue weighted by Crippen LogP contribution is 2.42. The van der Waals surface area contributed by atoms with Gasteiger partial charge in [-0.05, 0) is 37.1 Å². The molecule has 2 rings (SSSR count). The van der Waals surface area contributed by atoms with Crippen LogP contribution in [0.15, 0.2) is 24.3 Å². The maximum absolute atomic E-state index is 11.8. The van der Waals surface area contributed by atoms with Crippen molar-refractivity contribution in [1.82, 2.24) is 0 Å². The molecule has 1 aliphatic rings. The molecule has 1 aromatic carbocycles. The van der Waals surface area contributed by atoms with Gasteiger partial charge in [0.2, 0.25) is 0 Å². The number of methoxy groups -OCH3 is 2. The van der Waals surface area contributed by atoms with Gasteiger partial charge in [0.25, 0.3) is 0 Å². The molecule has 0 atom stereocenters. The van der Waals surface area contributed by atoms with Crippen LogP contribution < -0.4 is 10.1 Å². The molecule has 0 bridgehead atoms. The first-order chi connectivity index (χ1) is 8.70. The third kappa shape index (κ3) is 2.42. The molecule has 0 spiro atoms. The summed E-state index contributed by atoms with van der Waals surface area (Å²) in [6.07, 6.45) is 2.91. The summed E-state index contributed by atoms with van der Waals surface area (Å²) in [7, 11) is 3.10. The standard InChI is InChI=1S/C14H19NO3/c1-17-12-6-4-11(5-7-12)15-10-14(8-3-9-14)13(16)18-2/h4-7,15H,3,8-10H2,1-2H3. The number of rotatable bonds is 5. The number of carbonyl (C=O) groups excluding carboxylic acids is 1. The zero-order chi connectivity index (χ0) is 13.0. The SMILES string of the molecule is COC(=O)C1(CNc2ccc(OC)cc2)CCC1. The summed E-state index contributed by atoms with van der Waals surface area (Å²) in [5.41, 5.74) is 0.667. The number of esters is 1. The van der Waals surface area contributed by atoms with Crippen LogP contribution in [0.5, 0.6) is 5.75 Å². The molecule has 0 amide bonds. The van der Waals surface area contributed by atoms with Gasteiger partial charge in [0, 0.05) is 12.2 Å². The summed E-state index contributed by atoms with van der Waals surface area (Å²) in [4.78, 5) is 11.8. The average Bonchev–Trinajstić information content (AvgIpc) is 2.37. The van der Waals surface area contributed by atoms with Crippen LogP contribution in [0.3, 0.4) is 0 Å². The van der Waals surface area contributed by atoms with E-state index in [0.717, 1.165) is 30.7 Å². The van der Waals surface area contributed by atoms with E-state index in [-0.39, 0.29) is 11.4 Å². The van der Waals surface area contributed by atoms with Crippen molar-refractivity contribution in [2.45, 2.75) is 19.3 Å². The van der Waals surface area contributed by atoms with Crippen LogP contribution in [0, 0.1) is 5.41 Å². The summed E-state index contributed by atoms with van der Waals surface area (Å²) in [6, 6.07) is 7.69. The molecule has 0 unspecified atom stereocenters. The van der Waals surface area contributed by atoms with Crippen molar-refractivity contribution in [2.75, 3.05) is 26.1 Å². The summed E-state index contributed by atoms with van der Waals surface area (Å²) in [5, 5.41) is 3.30. The number of hydrogen-bond acceptors (Lipinski definition) is 4. The lowest BCUT2D eigenvalue weighted by atomic mass is 9.68. The van der Waals surface area contributed by atoms with Gasteiger partial charge in [0.15, 0.2) is 0 Å². The van der Waals surface area contributed by atoms with Crippen LogP contribution >= 0.6 is 0 Å². The molecule has 98 valence electrons. The third-order valence-corrected chi connectivity index (χ3v) is 3.65. The Balaban J connectivity index is 1.95. The highest BCUT2D eigenvalue weighted by Gasteiger charge is 2.45. The molecular weight excluding hydrogens is 230 g/mol. The Hall–Kier alpha value is -1.71. The fourth-order valence-corrected chi connectivity index (χ4v) is 2.25. The molecule has 0 saturated heterocycles. The molecule has 0 heterocycles. The maximum atomic E-state index is 11.8. The zero-order valence-electron chi connectivity index (χ0n) is 10.9. The molecule has 4 heteroatoms. The zero-order valence-corrected chi connectivity index (χ0v) is 10.9. The second-order valence-electron chi connectivity index (χ2n) is 4.71. The molecule has 0 radical (unpaired) electrons. The van der Waals surface area contributed by atoms with Gasteiger partial charge in [-0.1, -0.05) is 6.42 Å². The third-order valence-electron chi connectivity index (χ3n) is 3.65. The summed E-state index contributed by atoms with van der Waals surface area (Å²) >= 11 is 0. The van der Waals surface area contributed by atoms with E-state index in [1.54, 1.807) is 7.11 Å². The van der Waals surface area contributed by atoms with E-state index < -0.39 is 0 Å². The van der Waals surface area contributed by atoms with E-state index in [1.165, 1.54) is 7.11 Å². The Bertz CT molecular complexity index is 410. The predicted octanol–water partition coefficient (Wildman–Crippen LogP) is 2.45. The summed E-state index contributed by atoms with van der Waals surface area (Å²) in [6.45, 7) is 0.631. The van der Waals surface area contributed by atoms with Crippen molar-refractivity contribution in [1.29, 1.82) is 0 Å². The van der Waals surface area contributed by atoms with E-state index in [2.05, 4.69) is 5.32 Å². The van der Waals surface area contributed by atoms with Crippen LogP contribution in [0.4, 0.5) is 5.69 Å². The van der Waals surface area contributed by atoms with Crippen LogP contribution in [-0.4, -0.2) is 26.7 Å². The van der Waals surface area contributed by atoms with Gasteiger partial charge in [-0.15, -0.1) is 0 Å². The Kier molecular flexibility index (Phi) is 3.75. The van der Waals surface area contributed by atoms with Crippen molar-refractivity contribution in [3.05, 3.63) is 24.3 Å². The second-order valence-corrected chi connectivity index (χ2v) is 4.71. The van der Waals surface area contributed by atoms with Gasteiger partial charge in [-0.25, -0.2) is 0 Å². The first-order valence-corrected chi connectivity index (χ1v) is 6.16. The topological polar surface area (TPSA) is 47.6 Å². The fraction of sp³-hybridized carbons (Fsp3) is 0.500. The predicted molar refractivity (Wildman–Crippen MR) is 69.8 cm³/mol. The molecule has 0 aromatic heterocycles. The van der Waals surface area contributed by atoms with Crippen LogP contribution in [0.2, 0.25) is 0 Å². The van der Waals surface area contributed by atoms with Crippen LogP contribution in [-0.2, 0) is 9.53 Å². The quantitative estimate of drug-likeness (QED) is 0.814. The van der Waals surface area contributed by atoms with E-state index >= 15 is 0 Å². The second kappa shape index (κ2) is 5.29. The number of nitrogens with one attached hydrogen (secondary N) is 1. The fourth-order valence-electron chi connectivity index (χ4n) is 2.25. The minimum atomic E-state index is -0.325. The molecule has 1 saturated carbocycles. The van der Waals surface area contributed by atoms with E-state index in [9.17, 15) is 4.79 Å². The van der Waals surface area contributed by atoms with Gasteiger partial charge in [0.05, 0.1) is 19.6 Å². The Labute approximate surface area is 107 Å². The van der Waals surface area contributed by atoms with Gasteiger partial charge < -0.3 is 14.8 Å². The maximum Gasteiger partial charge on any atom is 0.313 e. The average molecular weight is 249 g/mol. The van der Waals surface area contributed by atoms with E-state index in [0.29, 0.717) is 6.54 Å². The van der Waals surface area contributed by atoms with Gasteiger partial charge in [-0.2, -0.15) is 0 Å². The van der Waals surface area contributed by atoms with Crippen molar-refractivity contribution in [3.8, 4) is 5.75 Å². The molecule has 4 nitrogen and oxygen atoms in total. The highest BCUT2D eigenvalue weighted by molar-refractivity contribution is 5.78. The molecule has 1 aliphatic carbocycles. The molecule has 0 aliphatic heterocycles. The number of hydrogen-bond donors (Lipinski definition) is 1. The van der Waals surface area contributed by atoms with Crippen molar-refractivity contribution >= 4 is 11.7 Å². The normalized spacial score (nSPS) is 16.6. The first kappa shape index (κ1) is 12.7. The number of ether oxygens (including phenoxy) is 2. The van der Waals surface area contributed by atoms with E-state index in [4.69, 9.17) is 9.47 Å². The first-order valence-electron chi connectivity index (χ1n) is 6.16. The number of anilines is 1. The van der Waals surface area contributed by atoms with E-state index in [1.807, 2.05) is 24.3 Å². The van der Waals surface area contributed by atoms with Gasteiger partial charge >= 0.3 is 5.97 Å². The van der Waals surface area contributed by atoms with Crippen LogP contribution in [0.1, 0.15) is 19.3 Å². The lowest BCUT2D eigenvalue weighted by Crippen LogP contribution is -2.44. The van der Waals surface area contributed by atoms with Crippen LogP contribution in [0.25, 0.3) is 0 Å². The highest BCUT2D eigenvalue weighted by atomic mass is 16.5. The Morgan fingerprint density at radius 3 is 2.39 bits per heavy atom. The van der Waals surface area contributed by atoms with Gasteiger partial charge in [0.1, 0.15) is 5.75 Å². The van der Waals surface area contributed by atoms with Gasteiger partial charge in [-0.3, -0.25) is 4.79 Å². The van der Waals surface area contributed by atoms with Crippen molar-refractivity contribution < 1.29 is 14.3 Å². The Morgan fingerprint density at radius 1 is 1.28 bits per heavy atom. The summed E-state index contributed by atoms with van der Waals surface area (Å²) in [5.74, 6) is 0.724. The lowest BCUT2D eigenvalue weighted by molar-refractivity contribution is -0.157. The lowest BCUT2D eigenvalue weighted by Gasteiger charge is -2.39. The monoisotopic (exact) mass is 249 g/mol.